The molecule has 5 aromatic rings. The monoisotopic (exact) mass is 1100 g/mol. The summed E-state index contributed by atoms with van der Waals surface area (Å²) in [6.45, 7) is 3.79. The molecular weight excluding hydrogens is 1040 g/mol. The molecule has 420 valence electrons. The van der Waals surface area contributed by atoms with Gasteiger partial charge in [-0.1, -0.05) is 36.4 Å². The van der Waals surface area contributed by atoms with E-state index < -0.39 is 36.0 Å². The molecule has 7 amide bonds. The van der Waals surface area contributed by atoms with Crippen LogP contribution in [-0.2, 0) is 50.0 Å². The summed E-state index contributed by atoms with van der Waals surface area (Å²) in [7, 11) is 2.99. The molecule has 0 aliphatic carbocycles. The summed E-state index contributed by atoms with van der Waals surface area (Å²) in [6.07, 6.45) is 5.73. The van der Waals surface area contributed by atoms with E-state index >= 15 is 0 Å². The smallest absolute Gasteiger partial charge is 0.261 e. The maximum Gasteiger partial charge on any atom is 0.261 e. The highest BCUT2D eigenvalue weighted by molar-refractivity contribution is 6.15. The van der Waals surface area contributed by atoms with E-state index in [0.29, 0.717) is 88.1 Å². The van der Waals surface area contributed by atoms with Crippen molar-refractivity contribution in [3.8, 4) is 23.0 Å². The lowest BCUT2D eigenvalue weighted by Gasteiger charge is -2.22. The number of rotatable bonds is 21. The number of anilines is 4. The lowest BCUT2D eigenvalue weighted by molar-refractivity contribution is -0.131. The molecule has 0 saturated heterocycles. The largest absolute Gasteiger partial charge is 0.493 e. The number of carbonyl (C=O) groups is 7. The van der Waals surface area contributed by atoms with Gasteiger partial charge in [0.2, 0.25) is 29.5 Å². The van der Waals surface area contributed by atoms with E-state index in [0.717, 1.165) is 28.9 Å². The summed E-state index contributed by atoms with van der Waals surface area (Å²) in [5.41, 5.74) is 7.27. The number of nitrogens with one attached hydrogen (secondary N) is 5. The second-order valence-corrected chi connectivity index (χ2v) is 20.5. The first-order chi connectivity index (χ1) is 39.2. The molecule has 0 spiro atoms. The summed E-state index contributed by atoms with van der Waals surface area (Å²) in [6, 6.07) is 25.3. The van der Waals surface area contributed by atoms with E-state index in [2.05, 4.69) is 26.6 Å². The summed E-state index contributed by atoms with van der Waals surface area (Å²) in [4.78, 5) is 102. The normalized spacial score (nSPS) is 17.9. The Morgan fingerprint density at radius 1 is 0.716 bits per heavy atom. The Labute approximate surface area is 467 Å². The van der Waals surface area contributed by atoms with Gasteiger partial charge in [-0.2, -0.15) is 0 Å². The molecule has 6 N–H and O–H groups in total. The summed E-state index contributed by atoms with van der Waals surface area (Å²) < 4.78 is 24.4. The van der Waals surface area contributed by atoms with Crippen LogP contribution in [-0.4, -0.2) is 122 Å². The van der Waals surface area contributed by atoms with Crippen LogP contribution in [0.15, 0.2) is 108 Å². The van der Waals surface area contributed by atoms with Crippen LogP contribution in [0.3, 0.4) is 0 Å². The number of hydrogen-bond donors (Lipinski definition) is 6. The molecule has 0 fully saturated rings. The van der Waals surface area contributed by atoms with Crippen LogP contribution in [0.2, 0.25) is 0 Å². The third kappa shape index (κ3) is 12.0. The van der Waals surface area contributed by atoms with Crippen LogP contribution < -0.4 is 55.3 Å². The number of ether oxygens (including phenoxy) is 4. The van der Waals surface area contributed by atoms with Gasteiger partial charge in [-0.25, -0.2) is 0 Å². The minimum Gasteiger partial charge on any atom is -0.493 e. The van der Waals surface area contributed by atoms with Crippen LogP contribution in [0.25, 0.3) is 0 Å². The highest BCUT2D eigenvalue weighted by Crippen LogP contribution is 2.43. The van der Waals surface area contributed by atoms with Crippen molar-refractivity contribution in [1.29, 1.82) is 0 Å². The number of unbranched alkanes of at least 4 members (excludes halogenated alkanes) is 1. The fourth-order valence-electron chi connectivity index (χ4n) is 10.7. The van der Waals surface area contributed by atoms with Crippen molar-refractivity contribution in [2.24, 2.45) is 4.99 Å². The van der Waals surface area contributed by atoms with E-state index in [1.165, 1.54) is 45.1 Å². The summed E-state index contributed by atoms with van der Waals surface area (Å²) in [5, 5.41) is 24.2. The van der Waals surface area contributed by atoms with Crippen LogP contribution in [0.5, 0.6) is 23.0 Å². The minimum atomic E-state index is -1.06. The molecule has 5 aromatic carbocycles. The number of hydrogen-bond acceptors (Lipinski definition) is 14. The van der Waals surface area contributed by atoms with Gasteiger partial charge >= 0.3 is 0 Å². The molecule has 0 bridgehead atoms. The number of para-hydroxylation sites is 2. The Bertz CT molecular complexity index is 3380. The van der Waals surface area contributed by atoms with Gasteiger partial charge in [-0.3, -0.25) is 43.5 Å². The van der Waals surface area contributed by atoms with Crippen molar-refractivity contribution in [3.05, 3.63) is 137 Å². The van der Waals surface area contributed by atoms with E-state index in [1.54, 1.807) is 47.5 Å². The highest BCUT2D eigenvalue weighted by Gasteiger charge is 2.39. The topological polar surface area (TPSA) is 259 Å². The highest BCUT2D eigenvalue weighted by atomic mass is 16.5. The Kier molecular flexibility index (Phi) is 16.3. The van der Waals surface area contributed by atoms with E-state index in [-0.39, 0.29) is 74.9 Å². The third-order valence-electron chi connectivity index (χ3n) is 14.9. The Morgan fingerprint density at radius 3 is 2.01 bits per heavy atom. The van der Waals surface area contributed by atoms with Crippen molar-refractivity contribution < 1.29 is 57.6 Å². The van der Waals surface area contributed by atoms with E-state index in [1.807, 2.05) is 59.5 Å². The number of carbonyl (C=O) groups excluding carboxylic acids is 7. The quantitative estimate of drug-likeness (QED) is 0.0498. The standard InChI is InChI=1S/C60H63N9O12/c1-34(64-54(71)16-10-9-15-53(70)61-19-20-67-55(72)17-18-56(67)73)57(74)65-35(2)58(75)66-40-22-36(32-80-51-28-45-43(26-49(51)78-3)59(76)68-41(30-62-45)24-38-11-5-7-13-47(38)68)21-37(23-40)33-81-52-29-46-44(27-50(52)79-4)60(77)69-42(31-63-46)25-39-12-6-8-14-48(39)69/h5-8,11-14,17-18,21-23,26-30,34-35,41-42,55,63,72H,9-10,15-16,19-20,24-25,31-33H2,1-4H3,(H,61,70)(H,64,71)(H,65,74)(H,66,75)/t34-,35-,41-,42-,55?/m0/s1. The zero-order valence-corrected chi connectivity index (χ0v) is 45.3. The molecule has 5 heterocycles. The number of aliphatic hydroxyl groups is 1. The molecule has 0 radical (unpaired) electrons. The molecule has 81 heavy (non-hydrogen) atoms. The van der Waals surface area contributed by atoms with Gasteiger partial charge in [0.05, 0.1) is 48.8 Å². The van der Waals surface area contributed by atoms with E-state index in [9.17, 15) is 38.7 Å². The van der Waals surface area contributed by atoms with Gasteiger partial charge in [-0.05, 0) is 104 Å². The number of benzene rings is 5. The van der Waals surface area contributed by atoms with Crippen LogP contribution in [0, 0.1) is 0 Å². The van der Waals surface area contributed by atoms with Gasteiger partial charge < -0.3 is 60.4 Å². The molecular formula is C60H63N9O12. The van der Waals surface area contributed by atoms with Crippen molar-refractivity contribution in [1.82, 2.24) is 20.9 Å². The zero-order chi connectivity index (χ0) is 56.9. The maximum absolute atomic E-state index is 14.1. The molecule has 21 nitrogen and oxygen atoms in total. The number of aliphatic imine (C=N–C) groups is 1. The third-order valence-corrected chi connectivity index (χ3v) is 14.9. The first-order valence-corrected chi connectivity index (χ1v) is 26.9. The average Bonchev–Trinajstić information content (AvgIpc) is 4.22. The predicted octanol–water partition coefficient (Wildman–Crippen LogP) is 5.49. The fourth-order valence-corrected chi connectivity index (χ4v) is 10.7. The molecule has 10 rings (SSSR count). The lowest BCUT2D eigenvalue weighted by atomic mass is 10.1. The minimum absolute atomic E-state index is 0.0235. The number of amides is 7. The molecule has 0 aromatic heterocycles. The fraction of sp³-hybridized carbons (Fsp3) is 0.333. The molecule has 5 aliphatic rings. The van der Waals surface area contributed by atoms with Crippen LogP contribution in [0.4, 0.5) is 28.4 Å². The molecule has 21 heteroatoms. The average molecular weight is 1100 g/mol. The summed E-state index contributed by atoms with van der Waals surface area (Å²) in [5.74, 6) is -1.18. The second kappa shape index (κ2) is 24.0. The summed E-state index contributed by atoms with van der Waals surface area (Å²) >= 11 is 0. The van der Waals surface area contributed by atoms with Crippen LogP contribution >= 0.6 is 0 Å². The van der Waals surface area contributed by atoms with Crippen molar-refractivity contribution in [3.63, 3.8) is 0 Å². The Balaban J connectivity index is 0.804. The Hall–Kier alpha value is -9.24. The van der Waals surface area contributed by atoms with Gasteiger partial charge in [0.15, 0.2) is 23.0 Å². The van der Waals surface area contributed by atoms with Crippen molar-refractivity contribution in [2.45, 2.75) is 96.0 Å². The number of nitrogens with zero attached hydrogens (tertiary/aromatic N) is 4. The lowest BCUT2D eigenvalue weighted by Crippen LogP contribution is -2.50. The van der Waals surface area contributed by atoms with Gasteiger partial charge in [-0.15, -0.1) is 0 Å². The molecule has 1 unspecified atom stereocenters. The van der Waals surface area contributed by atoms with Crippen LogP contribution in [0.1, 0.15) is 82.5 Å². The van der Waals surface area contributed by atoms with Gasteiger partial charge in [0.25, 0.3) is 11.8 Å². The number of methoxy groups -OCH3 is 2. The first-order valence-electron chi connectivity index (χ1n) is 26.9. The number of aliphatic hydroxyl groups excluding tert-OH is 1. The van der Waals surface area contributed by atoms with Crippen molar-refractivity contribution >= 4 is 76.0 Å². The number of fused-ring (bicyclic) bond motifs is 8. The zero-order valence-electron chi connectivity index (χ0n) is 45.3. The first kappa shape index (κ1) is 55.1. The van der Waals surface area contributed by atoms with E-state index in [4.69, 9.17) is 23.9 Å². The SMILES string of the molecule is COc1cc2c(cc1OCc1cc(COc3cc4c(cc3OC)C(=O)N3c5ccccc5C[C@H]3CN4)cc(NC(=O)[C@H](C)NC(=O)[C@H](C)NC(=O)CCCCC(=O)NCCN3C(=O)C=CC3O)c1)N=C[C@@H]1Cc3ccccc3N1C2=O. The maximum atomic E-state index is 14.1. The van der Waals surface area contributed by atoms with Crippen molar-refractivity contribution in [2.75, 3.05) is 54.3 Å². The predicted molar refractivity (Wildman–Crippen MR) is 301 cm³/mol. The second-order valence-electron chi connectivity index (χ2n) is 20.5. The van der Waals surface area contributed by atoms with Gasteiger partial charge in [0.1, 0.15) is 31.5 Å². The Morgan fingerprint density at radius 2 is 1.33 bits per heavy atom. The molecule has 5 atom stereocenters. The molecule has 5 aliphatic heterocycles. The molecule has 0 saturated carbocycles. The van der Waals surface area contributed by atoms with Gasteiger partial charge in [0, 0.05) is 80.4 Å².